The molecule has 1 rings (SSSR count). The third-order valence-corrected chi connectivity index (χ3v) is 4.55. The van der Waals surface area contributed by atoms with Gasteiger partial charge in [-0.15, -0.1) is 0 Å². The lowest BCUT2D eigenvalue weighted by molar-refractivity contribution is -0.124. The Bertz CT molecular complexity index is 467. The lowest BCUT2D eigenvalue weighted by Crippen LogP contribution is -2.43. The first-order chi connectivity index (χ1) is 9.92. The summed E-state index contributed by atoms with van der Waals surface area (Å²) in [7, 11) is 3.70. The molecule has 0 bridgehead atoms. The number of hydrogen-bond donors (Lipinski definition) is 2. The van der Waals surface area contributed by atoms with E-state index >= 15 is 0 Å². The van der Waals surface area contributed by atoms with Crippen LogP contribution >= 0.6 is 15.9 Å². The Morgan fingerprint density at radius 2 is 2.05 bits per heavy atom. The van der Waals surface area contributed by atoms with E-state index in [0.717, 1.165) is 10.9 Å². The van der Waals surface area contributed by atoms with Crippen LogP contribution in [0.15, 0.2) is 28.7 Å². The van der Waals surface area contributed by atoms with Crippen molar-refractivity contribution in [2.24, 2.45) is 11.7 Å². The number of likely N-dealkylation sites (N-methyl/N-ethyl adjacent to an activating group) is 1. The van der Waals surface area contributed by atoms with E-state index in [1.165, 1.54) is 5.56 Å². The molecule has 0 aromatic heterocycles. The SMILES string of the molecule is CCC(N)C(c1ccccc1Br)N(C)CC(C)C(=O)NC. The van der Waals surface area contributed by atoms with Gasteiger partial charge in [0.25, 0.3) is 0 Å². The molecule has 3 unspecified atom stereocenters. The van der Waals surface area contributed by atoms with Gasteiger partial charge in [-0.1, -0.05) is 48.0 Å². The van der Waals surface area contributed by atoms with Crippen molar-refractivity contribution in [1.82, 2.24) is 10.2 Å². The molecule has 0 aliphatic carbocycles. The minimum atomic E-state index is -0.0750. The molecule has 4 nitrogen and oxygen atoms in total. The Hall–Kier alpha value is -0.910. The number of nitrogens with two attached hydrogens (primary N) is 1. The van der Waals surface area contributed by atoms with Crippen molar-refractivity contribution in [3.63, 3.8) is 0 Å². The Morgan fingerprint density at radius 3 is 2.57 bits per heavy atom. The largest absolute Gasteiger partial charge is 0.359 e. The zero-order valence-corrected chi connectivity index (χ0v) is 14.9. The first kappa shape index (κ1) is 18.1. The Labute approximate surface area is 136 Å². The fourth-order valence-electron chi connectivity index (χ4n) is 2.61. The van der Waals surface area contributed by atoms with Gasteiger partial charge in [0.15, 0.2) is 0 Å². The fraction of sp³-hybridized carbons (Fsp3) is 0.562. The number of carbonyl (C=O) groups is 1. The van der Waals surface area contributed by atoms with Gasteiger partial charge in [-0.2, -0.15) is 0 Å². The zero-order chi connectivity index (χ0) is 16.0. The van der Waals surface area contributed by atoms with E-state index in [9.17, 15) is 4.79 Å². The molecule has 1 amide bonds. The molecule has 1 aromatic rings. The quantitative estimate of drug-likeness (QED) is 0.789. The van der Waals surface area contributed by atoms with Crippen molar-refractivity contribution < 1.29 is 4.79 Å². The van der Waals surface area contributed by atoms with Crippen LogP contribution in [0.4, 0.5) is 0 Å². The van der Waals surface area contributed by atoms with Crippen molar-refractivity contribution in [2.45, 2.75) is 32.4 Å². The second-order valence-corrected chi connectivity index (χ2v) is 6.35. The number of amides is 1. The first-order valence-electron chi connectivity index (χ1n) is 7.34. The van der Waals surface area contributed by atoms with E-state index in [-0.39, 0.29) is 23.9 Å². The van der Waals surface area contributed by atoms with Gasteiger partial charge < -0.3 is 11.1 Å². The highest BCUT2D eigenvalue weighted by Crippen LogP contribution is 2.30. The summed E-state index contributed by atoms with van der Waals surface area (Å²) in [6, 6.07) is 8.23. The van der Waals surface area contributed by atoms with Crippen LogP contribution in [-0.4, -0.2) is 37.5 Å². The number of halogens is 1. The van der Waals surface area contributed by atoms with Gasteiger partial charge >= 0.3 is 0 Å². The molecule has 0 saturated carbocycles. The van der Waals surface area contributed by atoms with Gasteiger partial charge in [-0.3, -0.25) is 9.69 Å². The third kappa shape index (κ3) is 4.80. The van der Waals surface area contributed by atoms with E-state index < -0.39 is 0 Å². The molecule has 21 heavy (non-hydrogen) atoms. The molecular formula is C16H26BrN3O. The third-order valence-electron chi connectivity index (χ3n) is 3.83. The minimum absolute atomic E-state index is 0.0191. The van der Waals surface area contributed by atoms with Gasteiger partial charge in [-0.05, 0) is 25.1 Å². The highest BCUT2D eigenvalue weighted by atomic mass is 79.9. The number of nitrogens with one attached hydrogen (secondary N) is 1. The van der Waals surface area contributed by atoms with Crippen LogP contribution in [0.25, 0.3) is 0 Å². The summed E-state index contributed by atoms with van der Waals surface area (Å²) in [5.41, 5.74) is 7.51. The van der Waals surface area contributed by atoms with E-state index in [1.54, 1.807) is 7.05 Å². The molecule has 3 N–H and O–H groups in total. The average Bonchev–Trinajstić information content (AvgIpc) is 2.48. The van der Waals surface area contributed by atoms with Crippen molar-refractivity contribution in [2.75, 3.05) is 20.6 Å². The lowest BCUT2D eigenvalue weighted by Gasteiger charge is -2.34. The average molecular weight is 356 g/mol. The lowest BCUT2D eigenvalue weighted by atomic mass is 9.95. The molecule has 0 aliphatic rings. The summed E-state index contributed by atoms with van der Waals surface area (Å²) in [4.78, 5) is 13.9. The maximum Gasteiger partial charge on any atom is 0.223 e. The molecule has 3 atom stereocenters. The number of carbonyl (C=O) groups excluding carboxylic acids is 1. The van der Waals surface area contributed by atoms with E-state index in [0.29, 0.717) is 6.54 Å². The molecule has 0 radical (unpaired) electrons. The zero-order valence-electron chi connectivity index (χ0n) is 13.3. The summed E-state index contributed by atoms with van der Waals surface area (Å²) < 4.78 is 1.05. The minimum Gasteiger partial charge on any atom is -0.359 e. The van der Waals surface area contributed by atoms with Crippen molar-refractivity contribution in [1.29, 1.82) is 0 Å². The summed E-state index contributed by atoms with van der Waals surface area (Å²) in [5, 5.41) is 2.70. The summed E-state index contributed by atoms with van der Waals surface area (Å²) in [6.07, 6.45) is 0.880. The molecule has 0 spiro atoms. The topological polar surface area (TPSA) is 58.4 Å². The van der Waals surface area contributed by atoms with Crippen LogP contribution in [0.3, 0.4) is 0 Å². The molecular weight excluding hydrogens is 330 g/mol. The standard InChI is InChI=1S/C16H26BrN3O/c1-5-14(18)15(12-8-6-7-9-13(12)17)20(4)10-11(2)16(21)19-3/h6-9,11,14-15H,5,10,18H2,1-4H3,(H,19,21). The van der Waals surface area contributed by atoms with Crippen LogP contribution in [0, 0.1) is 5.92 Å². The highest BCUT2D eigenvalue weighted by Gasteiger charge is 2.27. The number of benzene rings is 1. The number of rotatable bonds is 7. The Morgan fingerprint density at radius 1 is 1.43 bits per heavy atom. The van der Waals surface area contributed by atoms with Gasteiger partial charge in [0.05, 0.1) is 6.04 Å². The smallest absolute Gasteiger partial charge is 0.223 e. The van der Waals surface area contributed by atoms with Crippen LogP contribution in [0.5, 0.6) is 0 Å². The molecule has 0 saturated heterocycles. The fourth-order valence-corrected chi connectivity index (χ4v) is 3.13. The second-order valence-electron chi connectivity index (χ2n) is 5.49. The summed E-state index contributed by atoms with van der Waals surface area (Å²) in [6.45, 7) is 4.69. The molecule has 5 heteroatoms. The van der Waals surface area contributed by atoms with Crippen LogP contribution in [-0.2, 0) is 4.79 Å². The first-order valence-corrected chi connectivity index (χ1v) is 8.13. The van der Waals surface area contributed by atoms with Crippen molar-refractivity contribution in [3.05, 3.63) is 34.3 Å². The maximum atomic E-state index is 11.7. The summed E-state index contributed by atoms with van der Waals surface area (Å²) >= 11 is 3.61. The normalized spacial score (nSPS) is 15.6. The highest BCUT2D eigenvalue weighted by molar-refractivity contribution is 9.10. The number of nitrogens with zero attached hydrogens (tertiary/aromatic N) is 1. The van der Waals surface area contributed by atoms with Crippen molar-refractivity contribution >= 4 is 21.8 Å². The van der Waals surface area contributed by atoms with Gasteiger partial charge in [0.1, 0.15) is 0 Å². The molecule has 0 aliphatic heterocycles. The van der Waals surface area contributed by atoms with Crippen LogP contribution < -0.4 is 11.1 Å². The maximum absolute atomic E-state index is 11.7. The van der Waals surface area contributed by atoms with E-state index in [4.69, 9.17) is 5.73 Å². The van der Waals surface area contributed by atoms with Gasteiger partial charge in [-0.25, -0.2) is 0 Å². The predicted molar refractivity (Wildman–Crippen MR) is 91.0 cm³/mol. The van der Waals surface area contributed by atoms with Crippen LogP contribution in [0.2, 0.25) is 0 Å². The van der Waals surface area contributed by atoms with E-state index in [1.807, 2.05) is 32.2 Å². The monoisotopic (exact) mass is 355 g/mol. The van der Waals surface area contributed by atoms with E-state index in [2.05, 4.69) is 39.1 Å². The van der Waals surface area contributed by atoms with Crippen molar-refractivity contribution in [3.8, 4) is 0 Å². The molecule has 0 fully saturated rings. The Balaban J connectivity index is 2.98. The number of hydrogen-bond acceptors (Lipinski definition) is 3. The second kappa shape index (κ2) is 8.51. The predicted octanol–water partition coefficient (Wildman–Crippen LogP) is 2.54. The molecule has 0 heterocycles. The van der Waals surface area contributed by atoms with Crippen LogP contribution in [0.1, 0.15) is 31.9 Å². The Kier molecular flexibility index (Phi) is 7.35. The molecule has 1 aromatic carbocycles. The summed E-state index contributed by atoms with van der Waals surface area (Å²) in [5.74, 6) is -0.0214. The van der Waals surface area contributed by atoms with Gasteiger partial charge in [0, 0.05) is 30.0 Å². The van der Waals surface area contributed by atoms with Gasteiger partial charge in [0.2, 0.25) is 5.91 Å². The molecule has 118 valence electrons.